The number of tetrazole rings is 1. The Labute approximate surface area is 141 Å². The second-order valence-electron chi connectivity index (χ2n) is 5.11. The van der Waals surface area contributed by atoms with Crippen molar-refractivity contribution in [3.63, 3.8) is 0 Å². The number of carbonyl (C=O) groups is 2. The van der Waals surface area contributed by atoms with Crippen molar-refractivity contribution in [1.29, 1.82) is 0 Å². The lowest BCUT2D eigenvalue weighted by Crippen LogP contribution is -2.42. The van der Waals surface area contributed by atoms with E-state index >= 15 is 0 Å². The lowest BCUT2D eigenvalue weighted by Gasteiger charge is -2.08. The summed E-state index contributed by atoms with van der Waals surface area (Å²) in [6.07, 6.45) is 1.39. The van der Waals surface area contributed by atoms with Crippen LogP contribution in [-0.4, -0.2) is 32.0 Å². The zero-order valence-electron chi connectivity index (χ0n) is 12.9. The molecular formula is C16H13FN6O2. The quantitative estimate of drug-likeness (QED) is 0.684. The van der Waals surface area contributed by atoms with Gasteiger partial charge in [0.1, 0.15) is 12.1 Å². The Kier molecular flexibility index (Phi) is 4.74. The Morgan fingerprint density at radius 1 is 1.08 bits per heavy atom. The molecule has 2 aromatic carbocycles. The minimum Gasteiger partial charge on any atom is -0.273 e. The van der Waals surface area contributed by atoms with Gasteiger partial charge in [-0.25, -0.2) is 9.07 Å². The van der Waals surface area contributed by atoms with Crippen LogP contribution >= 0.6 is 0 Å². The summed E-state index contributed by atoms with van der Waals surface area (Å²) in [6, 6.07) is 12.2. The minimum atomic E-state index is -0.476. The van der Waals surface area contributed by atoms with Crippen molar-refractivity contribution in [1.82, 2.24) is 31.1 Å². The van der Waals surface area contributed by atoms with Crippen molar-refractivity contribution in [3.8, 4) is 5.69 Å². The molecule has 3 aromatic rings. The van der Waals surface area contributed by atoms with E-state index in [1.807, 2.05) is 0 Å². The van der Waals surface area contributed by atoms with Crippen LogP contribution < -0.4 is 10.9 Å². The number of carbonyl (C=O) groups excluding carboxylic acids is 2. The third-order valence-corrected chi connectivity index (χ3v) is 3.31. The normalized spacial score (nSPS) is 10.3. The SMILES string of the molecule is O=C(Cc1cccc(F)c1)NNC(=O)c1ccc(-n2cnnn2)cc1. The van der Waals surface area contributed by atoms with Gasteiger partial charge in [-0.15, -0.1) is 5.10 Å². The van der Waals surface area contributed by atoms with Gasteiger partial charge in [-0.05, 0) is 52.4 Å². The molecule has 0 aliphatic carbocycles. The van der Waals surface area contributed by atoms with E-state index in [4.69, 9.17) is 0 Å². The molecule has 2 amide bonds. The number of benzene rings is 2. The van der Waals surface area contributed by atoms with Gasteiger partial charge in [-0.1, -0.05) is 12.1 Å². The van der Waals surface area contributed by atoms with Gasteiger partial charge in [0.25, 0.3) is 5.91 Å². The van der Waals surface area contributed by atoms with Crippen molar-refractivity contribution < 1.29 is 14.0 Å². The third kappa shape index (κ3) is 4.22. The molecule has 9 heteroatoms. The molecule has 0 bridgehead atoms. The average molecular weight is 340 g/mol. The average Bonchev–Trinajstić information content (AvgIpc) is 3.14. The largest absolute Gasteiger partial charge is 0.273 e. The van der Waals surface area contributed by atoms with Gasteiger partial charge in [0.2, 0.25) is 5.91 Å². The molecule has 3 rings (SSSR count). The highest BCUT2D eigenvalue weighted by Gasteiger charge is 2.09. The highest BCUT2D eigenvalue weighted by Crippen LogP contribution is 2.07. The van der Waals surface area contributed by atoms with E-state index in [2.05, 4.69) is 26.4 Å². The van der Waals surface area contributed by atoms with Gasteiger partial charge in [0.05, 0.1) is 12.1 Å². The van der Waals surface area contributed by atoms with Crippen LogP contribution in [-0.2, 0) is 11.2 Å². The Morgan fingerprint density at radius 3 is 2.56 bits per heavy atom. The summed E-state index contributed by atoms with van der Waals surface area (Å²) in [5, 5.41) is 10.8. The predicted molar refractivity (Wildman–Crippen MR) is 84.9 cm³/mol. The fourth-order valence-corrected chi connectivity index (χ4v) is 2.12. The van der Waals surface area contributed by atoms with Gasteiger partial charge < -0.3 is 0 Å². The number of hydrazine groups is 1. The number of hydrogen-bond donors (Lipinski definition) is 2. The van der Waals surface area contributed by atoms with Gasteiger partial charge >= 0.3 is 0 Å². The van der Waals surface area contributed by atoms with Crippen LogP contribution in [0, 0.1) is 5.82 Å². The number of nitrogens with one attached hydrogen (secondary N) is 2. The Bertz CT molecular complexity index is 880. The Morgan fingerprint density at radius 2 is 1.88 bits per heavy atom. The van der Waals surface area contributed by atoms with E-state index in [0.29, 0.717) is 16.8 Å². The molecule has 2 N–H and O–H groups in total. The molecule has 0 aliphatic heterocycles. The van der Waals surface area contributed by atoms with Gasteiger partial charge in [0, 0.05) is 5.56 Å². The van der Waals surface area contributed by atoms with E-state index in [1.165, 1.54) is 29.2 Å². The summed E-state index contributed by atoms with van der Waals surface area (Å²) in [6.45, 7) is 0. The molecule has 0 aliphatic rings. The summed E-state index contributed by atoms with van der Waals surface area (Å²) in [7, 11) is 0. The summed E-state index contributed by atoms with van der Waals surface area (Å²) in [5.74, 6) is -1.35. The molecule has 0 saturated heterocycles. The summed E-state index contributed by atoms with van der Waals surface area (Å²) < 4.78 is 14.5. The molecular weight excluding hydrogens is 327 g/mol. The number of amides is 2. The van der Waals surface area contributed by atoms with Gasteiger partial charge in [-0.2, -0.15) is 0 Å². The molecule has 1 heterocycles. The van der Waals surface area contributed by atoms with E-state index < -0.39 is 17.6 Å². The van der Waals surface area contributed by atoms with Crippen molar-refractivity contribution in [2.24, 2.45) is 0 Å². The predicted octanol–water partition coefficient (Wildman–Crippen LogP) is 0.805. The van der Waals surface area contributed by atoms with Crippen molar-refractivity contribution in [2.75, 3.05) is 0 Å². The Balaban J connectivity index is 1.54. The summed E-state index contributed by atoms with van der Waals surface area (Å²) in [5.41, 5.74) is 6.15. The molecule has 0 saturated carbocycles. The Hall–Kier alpha value is -3.62. The van der Waals surface area contributed by atoms with Crippen LogP contribution in [0.25, 0.3) is 5.69 Å². The van der Waals surface area contributed by atoms with Crippen molar-refractivity contribution in [3.05, 3.63) is 71.8 Å². The smallest absolute Gasteiger partial charge is 0.269 e. The zero-order chi connectivity index (χ0) is 17.6. The standard InChI is InChI=1S/C16H13FN6O2/c17-13-3-1-2-11(8-13)9-15(24)19-20-16(25)12-4-6-14(7-5-12)23-10-18-21-22-23/h1-8,10H,9H2,(H,19,24)(H,20,25). The first kappa shape index (κ1) is 16.2. The number of aromatic nitrogens is 4. The second-order valence-corrected chi connectivity index (χ2v) is 5.11. The molecule has 126 valence electrons. The third-order valence-electron chi connectivity index (χ3n) is 3.31. The number of hydrogen-bond acceptors (Lipinski definition) is 5. The molecule has 0 fully saturated rings. The van der Waals surface area contributed by atoms with Crippen LogP contribution in [0.3, 0.4) is 0 Å². The zero-order valence-corrected chi connectivity index (χ0v) is 12.9. The molecule has 1 aromatic heterocycles. The molecule has 8 nitrogen and oxygen atoms in total. The van der Waals surface area contributed by atoms with E-state index in [0.717, 1.165) is 0 Å². The molecule has 0 unspecified atom stereocenters. The highest BCUT2D eigenvalue weighted by molar-refractivity contribution is 5.95. The van der Waals surface area contributed by atoms with Crippen LogP contribution in [0.15, 0.2) is 54.9 Å². The number of rotatable bonds is 4. The number of nitrogens with zero attached hydrogens (tertiary/aromatic N) is 4. The van der Waals surface area contributed by atoms with E-state index in [-0.39, 0.29) is 6.42 Å². The first-order valence-corrected chi connectivity index (χ1v) is 7.29. The molecule has 0 atom stereocenters. The topological polar surface area (TPSA) is 102 Å². The minimum absolute atomic E-state index is 0.0454. The first-order chi connectivity index (χ1) is 12.1. The van der Waals surface area contributed by atoms with E-state index in [9.17, 15) is 14.0 Å². The van der Waals surface area contributed by atoms with Crippen molar-refractivity contribution >= 4 is 11.8 Å². The van der Waals surface area contributed by atoms with Crippen LogP contribution in [0.5, 0.6) is 0 Å². The molecule has 25 heavy (non-hydrogen) atoms. The van der Waals surface area contributed by atoms with Gasteiger partial charge in [-0.3, -0.25) is 20.4 Å². The second kappa shape index (κ2) is 7.30. The van der Waals surface area contributed by atoms with Crippen LogP contribution in [0.1, 0.15) is 15.9 Å². The maximum Gasteiger partial charge on any atom is 0.269 e. The fraction of sp³-hybridized carbons (Fsp3) is 0.0625. The molecule has 0 spiro atoms. The first-order valence-electron chi connectivity index (χ1n) is 7.29. The lowest BCUT2D eigenvalue weighted by molar-refractivity contribution is -0.121. The lowest BCUT2D eigenvalue weighted by atomic mass is 10.1. The monoisotopic (exact) mass is 340 g/mol. The maximum absolute atomic E-state index is 13.1. The van der Waals surface area contributed by atoms with Gasteiger partial charge in [0.15, 0.2) is 0 Å². The fourth-order valence-electron chi connectivity index (χ4n) is 2.12. The van der Waals surface area contributed by atoms with Crippen LogP contribution in [0.2, 0.25) is 0 Å². The van der Waals surface area contributed by atoms with Crippen LogP contribution in [0.4, 0.5) is 4.39 Å². The summed E-state index contributed by atoms with van der Waals surface area (Å²) in [4.78, 5) is 23.8. The number of halogens is 1. The van der Waals surface area contributed by atoms with Crippen molar-refractivity contribution in [2.45, 2.75) is 6.42 Å². The highest BCUT2D eigenvalue weighted by atomic mass is 19.1. The van der Waals surface area contributed by atoms with E-state index in [1.54, 1.807) is 30.3 Å². The molecule has 0 radical (unpaired) electrons. The summed E-state index contributed by atoms with van der Waals surface area (Å²) >= 11 is 0. The maximum atomic E-state index is 13.1.